The Labute approximate surface area is 79.4 Å². The monoisotopic (exact) mass is 186 g/mol. The van der Waals surface area contributed by atoms with E-state index in [9.17, 15) is 4.79 Å². The van der Waals surface area contributed by atoms with Crippen LogP contribution in [0.25, 0.3) is 0 Å². The van der Waals surface area contributed by atoms with Crippen LogP contribution in [0.3, 0.4) is 0 Å². The topological polar surface area (TPSA) is 35.5 Å². The van der Waals surface area contributed by atoms with Crippen molar-refractivity contribution in [3.8, 4) is 0 Å². The van der Waals surface area contributed by atoms with E-state index in [1.165, 1.54) is 0 Å². The van der Waals surface area contributed by atoms with Gasteiger partial charge in [-0.05, 0) is 13.8 Å². The SMILES string of the molecule is CC(=O)C1(C)COC(C(C)C)OC1. The van der Waals surface area contributed by atoms with Gasteiger partial charge in [0.15, 0.2) is 6.29 Å². The summed E-state index contributed by atoms with van der Waals surface area (Å²) < 4.78 is 10.9. The van der Waals surface area contributed by atoms with Gasteiger partial charge in [-0.25, -0.2) is 0 Å². The molecule has 1 rings (SSSR count). The van der Waals surface area contributed by atoms with Crippen LogP contribution in [0.5, 0.6) is 0 Å². The highest BCUT2D eigenvalue weighted by Crippen LogP contribution is 2.27. The third kappa shape index (κ3) is 2.29. The van der Waals surface area contributed by atoms with Crippen LogP contribution in [0.15, 0.2) is 0 Å². The first kappa shape index (κ1) is 10.7. The highest BCUT2D eigenvalue weighted by atomic mass is 16.7. The predicted molar refractivity (Wildman–Crippen MR) is 49.3 cm³/mol. The fraction of sp³-hybridized carbons (Fsp3) is 0.900. The van der Waals surface area contributed by atoms with Crippen LogP contribution < -0.4 is 0 Å². The average molecular weight is 186 g/mol. The Bertz CT molecular complexity index is 190. The van der Waals surface area contributed by atoms with Crippen LogP contribution in [0, 0.1) is 11.3 Å². The van der Waals surface area contributed by atoms with Crippen molar-refractivity contribution >= 4 is 5.78 Å². The van der Waals surface area contributed by atoms with Crippen LogP contribution in [-0.4, -0.2) is 25.3 Å². The van der Waals surface area contributed by atoms with Crippen molar-refractivity contribution in [2.75, 3.05) is 13.2 Å². The van der Waals surface area contributed by atoms with E-state index in [0.29, 0.717) is 19.1 Å². The maximum atomic E-state index is 11.2. The molecule has 1 aliphatic rings. The Morgan fingerprint density at radius 2 is 1.85 bits per heavy atom. The molecule has 0 N–H and O–H groups in total. The molecule has 0 amide bonds. The first-order valence-electron chi connectivity index (χ1n) is 4.70. The summed E-state index contributed by atoms with van der Waals surface area (Å²) in [5, 5.41) is 0. The second-order valence-electron chi connectivity index (χ2n) is 4.35. The third-order valence-corrected chi connectivity index (χ3v) is 2.53. The van der Waals surface area contributed by atoms with Gasteiger partial charge in [0.05, 0.1) is 18.6 Å². The van der Waals surface area contributed by atoms with Gasteiger partial charge >= 0.3 is 0 Å². The van der Waals surface area contributed by atoms with Gasteiger partial charge in [-0.1, -0.05) is 13.8 Å². The summed E-state index contributed by atoms with van der Waals surface area (Å²) in [5.74, 6) is 0.478. The molecule has 0 bridgehead atoms. The van der Waals surface area contributed by atoms with Crippen molar-refractivity contribution < 1.29 is 14.3 Å². The predicted octanol–water partition coefficient (Wildman–Crippen LogP) is 1.61. The number of rotatable bonds is 2. The summed E-state index contributed by atoms with van der Waals surface area (Å²) in [6, 6.07) is 0. The van der Waals surface area contributed by atoms with E-state index < -0.39 is 5.41 Å². The van der Waals surface area contributed by atoms with Crippen molar-refractivity contribution in [2.45, 2.75) is 34.0 Å². The van der Waals surface area contributed by atoms with Gasteiger partial charge in [-0.2, -0.15) is 0 Å². The van der Waals surface area contributed by atoms with Crippen molar-refractivity contribution in [2.24, 2.45) is 11.3 Å². The molecule has 1 heterocycles. The molecule has 0 aromatic carbocycles. The summed E-state index contributed by atoms with van der Waals surface area (Å²) in [6.07, 6.45) is -0.146. The summed E-state index contributed by atoms with van der Waals surface area (Å²) in [4.78, 5) is 11.2. The van der Waals surface area contributed by atoms with Gasteiger partial charge in [0.25, 0.3) is 0 Å². The molecule has 1 saturated heterocycles. The summed E-state index contributed by atoms with van der Waals surface area (Å²) in [5.41, 5.74) is -0.439. The van der Waals surface area contributed by atoms with Gasteiger partial charge in [0.1, 0.15) is 5.78 Å². The molecular weight excluding hydrogens is 168 g/mol. The molecular formula is C10H18O3. The number of ether oxygens (including phenoxy) is 2. The van der Waals surface area contributed by atoms with Gasteiger partial charge in [0, 0.05) is 5.92 Å². The standard InChI is InChI=1S/C10H18O3/c1-7(2)9-12-5-10(4,6-13-9)8(3)11/h7,9H,5-6H2,1-4H3. The maximum absolute atomic E-state index is 11.2. The van der Waals surface area contributed by atoms with Crippen LogP contribution in [-0.2, 0) is 14.3 Å². The molecule has 3 heteroatoms. The lowest BCUT2D eigenvalue weighted by Gasteiger charge is -2.36. The van der Waals surface area contributed by atoms with Gasteiger partial charge in [-0.15, -0.1) is 0 Å². The molecule has 0 aromatic rings. The fourth-order valence-corrected chi connectivity index (χ4v) is 1.21. The second kappa shape index (κ2) is 3.76. The first-order valence-corrected chi connectivity index (χ1v) is 4.70. The minimum absolute atomic E-state index is 0.134. The smallest absolute Gasteiger partial charge is 0.159 e. The Balaban J connectivity index is 2.51. The molecule has 1 aliphatic heterocycles. The lowest BCUT2D eigenvalue weighted by Crippen LogP contribution is -2.45. The quantitative estimate of drug-likeness (QED) is 0.657. The van der Waals surface area contributed by atoms with Crippen molar-refractivity contribution in [3.05, 3.63) is 0 Å². The number of ketones is 1. The second-order valence-corrected chi connectivity index (χ2v) is 4.35. The zero-order chi connectivity index (χ0) is 10.1. The molecule has 0 aliphatic carbocycles. The average Bonchev–Trinajstić information content (AvgIpc) is 2.04. The number of hydrogen-bond acceptors (Lipinski definition) is 3. The van der Waals surface area contributed by atoms with Gasteiger partial charge in [0.2, 0.25) is 0 Å². The van der Waals surface area contributed by atoms with E-state index in [1.807, 2.05) is 20.8 Å². The first-order chi connectivity index (χ1) is 5.96. The zero-order valence-electron chi connectivity index (χ0n) is 8.79. The molecule has 0 radical (unpaired) electrons. The van der Waals surface area contributed by atoms with E-state index in [-0.39, 0.29) is 12.1 Å². The van der Waals surface area contributed by atoms with Gasteiger partial charge < -0.3 is 9.47 Å². The Hall–Kier alpha value is -0.410. The highest BCUT2D eigenvalue weighted by molar-refractivity contribution is 5.82. The molecule has 1 fully saturated rings. The lowest BCUT2D eigenvalue weighted by atomic mass is 9.87. The lowest BCUT2D eigenvalue weighted by molar-refractivity contribution is -0.237. The van der Waals surface area contributed by atoms with Crippen LogP contribution in [0.1, 0.15) is 27.7 Å². The van der Waals surface area contributed by atoms with E-state index >= 15 is 0 Å². The maximum Gasteiger partial charge on any atom is 0.159 e. The number of carbonyl (C=O) groups excluding carboxylic acids is 1. The molecule has 0 unspecified atom stereocenters. The fourth-order valence-electron chi connectivity index (χ4n) is 1.21. The van der Waals surface area contributed by atoms with Crippen molar-refractivity contribution in [1.29, 1.82) is 0 Å². The molecule has 0 atom stereocenters. The number of carbonyl (C=O) groups is 1. The highest BCUT2D eigenvalue weighted by Gasteiger charge is 2.37. The normalized spacial score (nSPS) is 35.0. The minimum Gasteiger partial charge on any atom is -0.351 e. The summed E-state index contributed by atoms with van der Waals surface area (Å²) in [6.45, 7) is 8.51. The Kier molecular flexibility index (Phi) is 3.09. The third-order valence-electron chi connectivity index (χ3n) is 2.53. The van der Waals surface area contributed by atoms with Crippen LogP contribution >= 0.6 is 0 Å². The van der Waals surface area contributed by atoms with Crippen LogP contribution in [0.2, 0.25) is 0 Å². The molecule has 13 heavy (non-hydrogen) atoms. The number of Topliss-reactive ketones (excluding diaryl/α,β-unsaturated/α-hetero) is 1. The Morgan fingerprint density at radius 1 is 1.38 bits per heavy atom. The van der Waals surface area contributed by atoms with Crippen LogP contribution in [0.4, 0.5) is 0 Å². The zero-order valence-corrected chi connectivity index (χ0v) is 8.79. The molecule has 3 nitrogen and oxygen atoms in total. The summed E-state index contributed by atoms with van der Waals surface area (Å²) >= 11 is 0. The molecule has 0 spiro atoms. The van der Waals surface area contributed by atoms with Crippen molar-refractivity contribution in [1.82, 2.24) is 0 Å². The molecule has 76 valence electrons. The Morgan fingerprint density at radius 3 is 2.15 bits per heavy atom. The summed E-state index contributed by atoms with van der Waals surface area (Å²) in [7, 11) is 0. The van der Waals surface area contributed by atoms with E-state index in [1.54, 1.807) is 6.92 Å². The van der Waals surface area contributed by atoms with Crippen molar-refractivity contribution in [3.63, 3.8) is 0 Å². The van der Waals surface area contributed by atoms with Gasteiger partial charge in [-0.3, -0.25) is 4.79 Å². The number of hydrogen-bond donors (Lipinski definition) is 0. The molecule has 0 aromatic heterocycles. The van der Waals surface area contributed by atoms with E-state index in [4.69, 9.17) is 9.47 Å². The van der Waals surface area contributed by atoms with E-state index in [0.717, 1.165) is 0 Å². The largest absolute Gasteiger partial charge is 0.351 e. The minimum atomic E-state index is -0.439. The molecule has 0 saturated carbocycles. The van der Waals surface area contributed by atoms with E-state index in [2.05, 4.69) is 0 Å².